The van der Waals surface area contributed by atoms with Crippen LogP contribution >= 0.6 is 0 Å². The zero-order chi connectivity index (χ0) is 34.0. The molecular formula is C33H37F4N5O4. The van der Waals surface area contributed by atoms with Gasteiger partial charge in [0.15, 0.2) is 5.60 Å². The second-order valence-corrected chi connectivity index (χ2v) is 12.0. The molecule has 1 unspecified atom stereocenters. The summed E-state index contributed by atoms with van der Waals surface area (Å²) in [6.07, 6.45) is -4.05. The number of benzene rings is 3. The molecule has 2 amide bonds. The molecule has 5 N–H and O–H groups in total. The maximum atomic E-state index is 14.5. The van der Waals surface area contributed by atoms with Crippen molar-refractivity contribution >= 4 is 28.4 Å². The van der Waals surface area contributed by atoms with Crippen LogP contribution in [0.3, 0.4) is 0 Å². The Bertz CT molecular complexity index is 1750. The number of methoxy groups -OCH3 is 1. The quantitative estimate of drug-likeness (QED) is 0.150. The number of fused-ring (bicyclic) bond motifs is 1. The summed E-state index contributed by atoms with van der Waals surface area (Å²) in [7, 11) is 1.34. The van der Waals surface area contributed by atoms with Crippen LogP contribution in [0.4, 0.5) is 23.2 Å². The third-order valence-corrected chi connectivity index (χ3v) is 7.97. The molecule has 1 heterocycles. The Kier molecular flexibility index (Phi) is 9.67. The number of ether oxygens (including phenoxy) is 1. The largest absolute Gasteiger partial charge is 0.496 e. The number of hydrogen-bond acceptors (Lipinski definition) is 6. The van der Waals surface area contributed by atoms with Crippen LogP contribution in [-0.4, -0.2) is 58.2 Å². The van der Waals surface area contributed by atoms with Crippen molar-refractivity contribution in [1.29, 1.82) is 0 Å². The molecule has 9 nitrogen and oxygen atoms in total. The summed E-state index contributed by atoms with van der Waals surface area (Å²) in [6, 6.07) is 12.7. The van der Waals surface area contributed by atoms with E-state index in [0.29, 0.717) is 34.3 Å². The summed E-state index contributed by atoms with van der Waals surface area (Å²) in [5.41, 5.74) is 3.23. The third kappa shape index (κ3) is 7.09. The molecule has 4 aromatic rings. The second-order valence-electron chi connectivity index (χ2n) is 12.0. The molecule has 2 atom stereocenters. The molecule has 0 aliphatic carbocycles. The molecular weight excluding hydrogens is 606 g/mol. The minimum Gasteiger partial charge on any atom is -0.496 e. The van der Waals surface area contributed by atoms with Crippen molar-refractivity contribution in [3.05, 3.63) is 83.3 Å². The minimum atomic E-state index is -5.04. The summed E-state index contributed by atoms with van der Waals surface area (Å²) < 4.78 is 64.5. The number of nitrogens with zero attached hydrogens (tertiary/aromatic N) is 2. The smallest absolute Gasteiger partial charge is 0.418 e. The molecule has 3 aromatic carbocycles. The lowest BCUT2D eigenvalue weighted by Gasteiger charge is -2.38. The van der Waals surface area contributed by atoms with Crippen molar-refractivity contribution in [2.75, 3.05) is 19.0 Å². The molecule has 0 bridgehead atoms. The predicted octanol–water partition coefficient (Wildman–Crippen LogP) is 5.55. The maximum Gasteiger partial charge on any atom is 0.418 e. The van der Waals surface area contributed by atoms with Gasteiger partial charge < -0.3 is 26.2 Å². The summed E-state index contributed by atoms with van der Waals surface area (Å²) in [5.74, 6) is -1.60. The van der Waals surface area contributed by atoms with Crippen LogP contribution in [0, 0.1) is 12.7 Å². The van der Waals surface area contributed by atoms with Gasteiger partial charge in [-0.05, 0) is 79.3 Å². The van der Waals surface area contributed by atoms with E-state index >= 15 is 0 Å². The molecule has 0 radical (unpaired) electrons. The minimum absolute atomic E-state index is 0.188. The first-order chi connectivity index (χ1) is 21.5. The average molecular weight is 644 g/mol. The molecule has 46 heavy (non-hydrogen) atoms. The molecule has 13 heteroatoms. The van der Waals surface area contributed by atoms with Crippen molar-refractivity contribution < 1.29 is 37.0 Å². The van der Waals surface area contributed by atoms with Gasteiger partial charge in [0.05, 0.1) is 31.1 Å². The number of aryl methyl sites for hydroxylation is 1. The van der Waals surface area contributed by atoms with E-state index in [2.05, 4.69) is 15.7 Å². The predicted molar refractivity (Wildman–Crippen MR) is 167 cm³/mol. The van der Waals surface area contributed by atoms with Gasteiger partial charge in [0.2, 0.25) is 5.91 Å². The van der Waals surface area contributed by atoms with Gasteiger partial charge in [0, 0.05) is 22.2 Å². The molecule has 0 saturated heterocycles. The zero-order valence-electron chi connectivity index (χ0n) is 26.1. The van der Waals surface area contributed by atoms with E-state index in [1.807, 2.05) is 0 Å². The Balaban J connectivity index is 1.65. The fourth-order valence-electron chi connectivity index (χ4n) is 5.55. The zero-order valence-corrected chi connectivity index (χ0v) is 26.1. The van der Waals surface area contributed by atoms with Crippen LogP contribution in [0.15, 0.2) is 60.8 Å². The number of nitrogens with one attached hydrogen (secondary N) is 2. The standard InChI is InChI=1S/C33H37F4N5O4/c1-6-25(29(38)43)41-30(44)20-8-7-9-22(14-20)42-27-13-19(2)12-26(23(27)16-40-42)39-18-32(45,33(35,36)37)17-31(3,4)24-15-21(34)10-11-28(24)46-5/h7-16,25,39,45H,6,17-18H2,1-5H3,(H2,38,43)(H,41,44)/t25-,32?/m0/s1. The van der Waals surface area contributed by atoms with Crippen LogP contribution in [0.2, 0.25) is 0 Å². The summed E-state index contributed by atoms with van der Waals surface area (Å²) in [4.78, 5) is 24.4. The topological polar surface area (TPSA) is 132 Å². The van der Waals surface area contributed by atoms with Crippen LogP contribution in [0.1, 0.15) is 55.1 Å². The van der Waals surface area contributed by atoms with Gasteiger partial charge >= 0.3 is 6.18 Å². The number of anilines is 1. The van der Waals surface area contributed by atoms with E-state index in [1.54, 1.807) is 50.2 Å². The first-order valence-corrected chi connectivity index (χ1v) is 14.6. The Morgan fingerprint density at radius 1 is 1.11 bits per heavy atom. The summed E-state index contributed by atoms with van der Waals surface area (Å²) in [5, 5.41) is 21.4. The van der Waals surface area contributed by atoms with Crippen LogP contribution in [0.25, 0.3) is 16.6 Å². The van der Waals surface area contributed by atoms with Crippen molar-refractivity contribution in [2.24, 2.45) is 5.73 Å². The molecule has 0 aliphatic heterocycles. The average Bonchev–Trinajstić information content (AvgIpc) is 3.41. The van der Waals surface area contributed by atoms with Gasteiger partial charge in [-0.25, -0.2) is 9.07 Å². The Labute approximate surface area is 263 Å². The van der Waals surface area contributed by atoms with E-state index in [0.717, 1.165) is 12.1 Å². The lowest BCUT2D eigenvalue weighted by molar-refractivity contribution is -0.260. The fourth-order valence-corrected chi connectivity index (χ4v) is 5.55. The SMILES string of the molecule is CC[C@H](NC(=O)c1cccc(-n2ncc3c(NCC(O)(CC(C)(C)c4cc(F)ccc4OC)C(F)(F)F)cc(C)cc32)c1)C(N)=O. The highest BCUT2D eigenvalue weighted by Crippen LogP contribution is 2.44. The maximum absolute atomic E-state index is 14.5. The highest BCUT2D eigenvalue weighted by atomic mass is 19.4. The Hall–Kier alpha value is -4.65. The van der Waals surface area contributed by atoms with Gasteiger partial charge in [-0.15, -0.1) is 0 Å². The van der Waals surface area contributed by atoms with E-state index in [4.69, 9.17) is 10.5 Å². The number of alkyl halides is 3. The van der Waals surface area contributed by atoms with Crippen molar-refractivity contribution in [3.8, 4) is 11.4 Å². The Morgan fingerprint density at radius 2 is 1.83 bits per heavy atom. The molecule has 0 spiro atoms. The molecule has 4 rings (SSSR count). The lowest BCUT2D eigenvalue weighted by Crippen LogP contribution is -2.53. The van der Waals surface area contributed by atoms with Crippen molar-refractivity contribution in [2.45, 2.75) is 63.8 Å². The number of carbonyl (C=O) groups is 2. The fraction of sp³-hybridized carbons (Fsp3) is 0.364. The number of primary amides is 1. The highest BCUT2D eigenvalue weighted by Gasteiger charge is 2.56. The number of hydrogen-bond donors (Lipinski definition) is 4. The number of halogens is 4. The number of amides is 2. The number of aliphatic hydroxyl groups is 1. The van der Waals surface area contributed by atoms with Crippen molar-refractivity contribution in [3.63, 3.8) is 0 Å². The first kappa shape index (κ1) is 34.2. The van der Waals surface area contributed by atoms with E-state index in [-0.39, 0.29) is 16.9 Å². The van der Waals surface area contributed by atoms with Crippen LogP contribution in [0.5, 0.6) is 5.75 Å². The summed E-state index contributed by atoms with van der Waals surface area (Å²) >= 11 is 0. The molecule has 246 valence electrons. The number of rotatable bonds is 12. The second kappa shape index (κ2) is 13.0. The molecule has 1 aromatic heterocycles. The van der Waals surface area contributed by atoms with Crippen LogP contribution in [-0.2, 0) is 10.2 Å². The first-order valence-electron chi connectivity index (χ1n) is 14.6. The van der Waals surface area contributed by atoms with E-state index in [9.17, 15) is 32.3 Å². The third-order valence-electron chi connectivity index (χ3n) is 7.97. The van der Waals surface area contributed by atoms with Gasteiger partial charge in [0.1, 0.15) is 17.6 Å². The Morgan fingerprint density at radius 3 is 2.46 bits per heavy atom. The van der Waals surface area contributed by atoms with E-state index in [1.165, 1.54) is 37.9 Å². The highest BCUT2D eigenvalue weighted by molar-refractivity contribution is 5.98. The summed E-state index contributed by atoms with van der Waals surface area (Å²) in [6.45, 7) is 5.54. The normalized spacial score (nSPS) is 14.0. The van der Waals surface area contributed by atoms with E-state index < -0.39 is 53.8 Å². The lowest BCUT2D eigenvalue weighted by atomic mass is 9.74. The van der Waals surface area contributed by atoms with Gasteiger partial charge in [-0.1, -0.05) is 26.8 Å². The van der Waals surface area contributed by atoms with Crippen LogP contribution < -0.4 is 21.1 Å². The van der Waals surface area contributed by atoms with Crippen molar-refractivity contribution in [1.82, 2.24) is 15.1 Å². The molecule has 0 aliphatic rings. The monoisotopic (exact) mass is 643 g/mol. The molecule has 0 saturated carbocycles. The van der Waals surface area contributed by atoms with Gasteiger partial charge in [0.25, 0.3) is 5.91 Å². The number of aromatic nitrogens is 2. The van der Waals surface area contributed by atoms with Gasteiger partial charge in [-0.3, -0.25) is 9.59 Å². The van der Waals surface area contributed by atoms with Gasteiger partial charge in [-0.2, -0.15) is 18.3 Å². The number of carbonyl (C=O) groups excluding carboxylic acids is 2. The molecule has 0 fully saturated rings. The number of nitrogens with two attached hydrogens (primary N) is 1.